The average Bonchev–Trinajstić information content (AvgIpc) is 2.30. The summed E-state index contributed by atoms with van der Waals surface area (Å²) < 4.78 is 51.0. The third kappa shape index (κ3) is 3.14. The zero-order chi connectivity index (χ0) is 14.8. The van der Waals surface area contributed by atoms with E-state index < -0.39 is 43.2 Å². The number of benzene rings is 1. The molecule has 1 rings (SSSR count). The van der Waals surface area contributed by atoms with Crippen LogP contribution < -0.4 is 4.72 Å². The molecule has 0 radical (unpaired) electrons. The lowest BCUT2D eigenvalue weighted by atomic mass is 10.2. The second kappa shape index (κ2) is 5.15. The van der Waals surface area contributed by atoms with Crippen molar-refractivity contribution in [1.82, 2.24) is 0 Å². The van der Waals surface area contributed by atoms with Gasteiger partial charge in [-0.3, -0.25) is 14.8 Å². The van der Waals surface area contributed by atoms with Crippen LogP contribution in [0.4, 0.5) is 20.2 Å². The van der Waals surface area contributed by atoms with Gasteiger partial charge >= 0.3 is 5.69 Å². The number of sulfonamides is 1. The first-order valence-electron chi connectivity index (χ1n) is 4.73. The fraction of sp³-hybridized carbons (Fsp3) is 0.222. The van der Waals surface area contributed by atoms with Crippen molar-refractivity contribution in [2.24, 2.45) is 0 Å². The van der Waals surface area contributed by atoms with E-state index in [1.165, 1.54) is 6.07 Å². The van der Waals surface area contributed by atoms with Gasteiger partial charge in [0.2, 0.25) is 15.8 Å². The highest BCUT2D eigenvalue weighted by Gasteiger charge is 2.25. The van der Waals surface area contributed by atoms with Crippen LogP contribution in [0.15, 0.2) is 12.1 Å². The Morgan fingerprint density at radius 3 is 2.47 bits per heavy atom. The van der Waals surface area contributed by atoms with Crippen LogP contribution in [0.5, 0.6) is 0 Å². The maximum absolute atomic E-state index is 13.3. The molecule has 1 atom stereocenters. The Kier molecular flexibility index (Phi) is 4.01. The van der Waals surface area contributed by atoms with Crippen LogP contribution in [0.3, 0.4) is 0 Å². The molecule has 1 unspecified atom stereocenters. The number of rotatable bonds is 4. The molecule has 0 heterocycles. The molecule has 1 aromatic rings. The number of nitriles is 1. The van der Waals surface area contributed by atoms with Gasteiger partial charge in [-0.25, -0.2) is 12.8 Å². The van der Waals surface area contributed by atoms with Crippen molar-refractivity contribution in [1.29, 1.82) is 5.26 Å². The molecule has 10 heteroatoms. The summed E-state index contributed by atoms with van der Waals surface area (Å²) in [6.45, 7) is 1.04. The zero-order valence-corrected chi connectivity index (χ0v) is 10.2. The number of halogens is 2. The van der Waals surface area contributed by atoms with Crippen molar-refractivity contribution < 1.29 is 22.1 Å². The molecule has 0 aliphatic carbocycles. The Hall–Kier alpha value is -2.28. The highest BCUT2D eigenvalue weighted by molar-refractivity contribution is 7.93. The number of hydrogen-bond acceptors (Lipinski definition) is 5. The van der Waals surface area contributed by atoms with Crippen LogP contribution in [0.2, 0.25) is 0 Å². The lowest BCUT2D eigenvalue weighted by Crippen LogP contribution is -2.24. The van der Waals surface area contributed by atoms with Gasteiger partial charge in [-0.15, -0.1) is 0 Å². The molecule has 1 N–H and O–H groups in total. The monoisotopic (exact) mass is 291 g/mol. The van der Waals surface area contributed by atoms with Gasteiger partial charge < -0.3 is 0 Å². The molecular weight excluding hydrogens is 284 g/mol. The minimum absolute atomic E-state index is 0.188. The summed E-state index contributed by atoms with van der Waals surface area (Å²) in [5.74, 6) is -2.75. The summed E-state index contributed by atoms with van der Waals surface area (Å²) >= 11 is 0. The molecule has 0 aliphatic rings. The summed E-state index contributed by atoms with van der Waals surface area (Å²) in [4.78, 5) is 9.33. The summed E-state index contributed by atoms with van der Waals surface area (Å²) in [5.41, 5.74) is -1.88. The van der Waals surface area contributed by atoms with E-state index in [0.29, 0.717) is 6.07 Å². The second-order valence-corrected chi connectivity index (χ2v) is 5.46. The van der Waals surface area contributed by atoms with Gasteiger partial charge in [-0.05, 0) is 6.92 Å². The smallest absolute Gasteiger partial charge is 0.279 e. The molecular formula is C9H7F2N3O4S. The number of hydrogen-bond donors (Lipinski definition) is 1. The van der Waals surface area contributed by atoms with Crippen LogP contribution in [-0.2, 0) is 10.0 Å². The van der Waals surface area contributed by atoms with Crippen molar-refractivity contribution in [2.75, 3.05) is 4.72 Å². The number of nitrogens with zero attached hydrogens (tertiary/aromatic N) is 2. The van der Waals surface area contributed by atoms with E-state index in [4.69, 9.17) is 5.26 Å². The Morgan fingerprint density at radius 1 is 1.42 bits per heavy atom. The lowest BCUT2D eigenvalue weighted by molar-refractivity contribution is -0.387. The number of nitrogens with one attached hydrogen (secondary N) is 1. The molecule has 0 saturated heterocycles. The minimum Gasteiger partial charge on any atom is -0.279 e. The standard InChI is InChI=1S/C9H7F2N3O4S/c1-5(4-12)19(17,18)13-8-3-9(14(15)16)7(11)2-6(8)10/h2-3,5,13H,1H3. The first-order chi connectivity index (χ1) is 8.69. The Morgan fingerprint density at radius 2 is 2.00 bits per heavy atom. The maximum Gasteiger partial charge on any atom is 0.307 e. The zero-order valence-electron chi connectivity index (χ0n) is 9.42. The summed E-state index contributed by atoms with van der Waals surface area (Å²) in [6.07, 6.45) is 0. The van der Waals surface area contributed by atoms with E-state index >= 15 is 0 Å². The van der Waals surface area contributed by atoms with E-state index in [1.54, 1.807) is 4.72 Å². The molecule has 0 saturated carbocycles. The van der Waals surface area contributed by atoms with Gasteiger partial charge in [0.25, 0.3) is 0 Å². The molecule has 0 aliphatic heterocycles. The van der Waals surface area contributed by atoms with Gasteiger partial charge in [-0.2, -0.15) is 9.65 Å². The largest absolute Gasteiger partial charge is 0.307 e. The predicted octanol–water partition coefficient (Wildman–Crippen LogP) is 1.53. The van der Waals surface area contributed by atoms with Crippen LogP contribution in [0.25, 0.3) is 0 Å². The van der Waals surface area contributed by atoms with Crippen molar-refractivity contribution in [2.45, 2.75) is 12.2 Å². The topological polar surface area (TPSA) is 113 Å². The second-order valence-electron chi connectivity index (χ2n) is 3.46. The third-order valence-electron chi connectivity index (χ3n) is 2.13. The van der Waals surface area contributed by atoms with Crippen molar-refractivity contribution in [3.8, 4) is 6.07 Å². The Balaban J connectivity index is 3.27. The van der Waals surface area contributed by atoms with E-state index in [9.17, 15) is 27.3 Å². The third-order valence-corrected chi connectivity index (χ3v) is 3.67. The molecule has 0 spiro atoms. The predicted molar refractivity (Wildman–Crippen MR) is 60.6 cm³/mol. The molecule has 19 heavy (non-hydrogen) atoms. The summed E-state index contributed by atoms with van der Waals surface area (Å²) in [6, 6.07) is 2.01. The molecule has 0 fully saturated rings. The van der Waals surface area contributed by atoms with E-state index in [2.05, 4.69) is 0 Å². The fourth-order valence-corrected chi connectivity index (χ4v) is 1.85. The molecule has 0 bridgehead atoms. The fourth-order valence-electron chi connectivity index (χ4n) is 1.07. The van der Waals surface area contributed by atoms with E-state index in [1.807, 2.05) is 0 Å². The van der Waals surface area contributed by atoms with Crippen LogP contribution in [0, 0.1) is 33.1 Å². The number of anilines is 1. The average molecular weight is 291 g/mol. The molecule has 0 amide bonds. The highest BCUT2D eigenvalue weighted by atomic mass is 32.2. The van der Waals surface area contributed by atoms with Gasteiger partial charge in [0, 0.05) is 12.1 Å². The number of nitro groups is 1. The normalized spacial score (nSPS) is 12.5. The van der Waals surface area contributed by atoms with Crippen LogP contribution >= 0.6 is 0 Å². The van der Waals surface area contributed by atoms with Gasteiger partial charge in [0.15, 0.2) is 11.1 Å². The number of nitro benzene ring substituents is 1. The van der Waals surface area contributed by atoms with Gasteiger partial charge in [0.05, 0.1) is 16.7 Å². The Labute approximate surface area is 106 Å². The van der Waals surface area contributed by atoms with Gasteiger partial charge in [0.1, 0.15) is 0 Å². The first kappa shape index (κ1) is 14.8. The molecule has 1 aromatic carbocycles. The quantitative estimate of drug-likeness (QED) is 0.667. The van der Waals surface area contributed by atoms with E-state index in [-0.39, 0.29) is 6.07 Å². The Bertz CT molecular complexity index is 669. The van der Waals surface area contributed by atoms with Gasteiger partial charge in [-0.1, -0.05) is 0 Å². The molecule has 7 nitrogen and oxygen atoms in total. The van der Waals surface area contributed by atoms with Crippen molar-refractivity contribution in [3.63, 3.8) is 0 Å². The van der Waals surface area contributed by atoms with Crippen molar-refractivity contribution >= 4 is 21.4 Å². The minimum atomic E-state index is -4.24. The van der Waals surface area contributed by atoms with Crippen LogP contribution in [-0.4, -0.2) is 18.6 Å². The summed E-state index contributed by atoms with van der Waals surface area (Å²) in [7, 11) is -4.24. The molecule has 0 aromatic heterocycles. The molecule has 102 valence electrons. The SMILES string of the molecule is CC(C#N)S(=O)(=O)Nc1cc([N+](=O)[O-])c(F)cc1F. The summed E-state index contributed by atoms with van der Waals surface area (Å²) in [5, 5.41) is 17.4. The lowest BCUT2D eigenvalue weighted by Gasteiger charge is -2.10. The first-order valence-corrected chi connectivity index (χ1v) is 6.28. The highest BCUT2D eigenvalue weighted by Crippen LogP contribution is 2.26. The van der Waals surface area contributed by atoms with Crippen molar-refractivity contribution in [3.05, 3.63) is 33.9 Å². The van der Waals surface area contributed by atoms with E-state index in [0.717, 1.165) is 6.92 Å². The maximum atomic E-state index is 13.3. The van der Waals surface area contributed by atoms with Crippen LogP contribution in [0.1, 0.15) is 6.92 Å².